The summed E-state index contributed by atoms with van der Waals surface area (Å²) in [6, 6.07) is 10.6. The maximum Gasteiger partial charge on any atom is 0.137 e. The molecule has 3 fully saturated rings. The van der Waals surface area contributed by atoms with E-state index in [-0.39, 0.29) is 11.3 Å². The van der Waals surface area contributed by atoms with Crippen molar-refractivity contribution in [2.24, 2.45) is 46.3 Å². The minimum absolute atomic E-state index is 0.215. The molecule has 0 N–H and O–H groups in total. The van der Waals surface area contributed by atoms with Crippen LogP contribution in [0.5, 0.6) is 0 Å². The highest BCUT2D eigenvalue weighted by atomic mass is 16.5. The third kappa shape index (κ3) is 4.77. The Bertz CT molecular complexity index is 947. The van der Waals surface area contributed by atoms with Gasteiger partial charge in [-0.2, -0.15) is 0 Å². The third-order valence-electron chi connectivity index (χ3n) is 11.3. The molecule has 5 rings (SSSR count). The molecule has 1 aromatic rings. The number of hydrogen-bond donors (Lipinski definition) is 0. The molecule has 198 valence electrons. The summed E-state index contributed by atoms with van der Waals surface area (Å²) in [7, 11) is 0. The summed E-state index contributed by atoms with van der Waals surface area (Å²) in [4.78, 5) is 13.5. The molecule has 4 aliphatic carbocycles. The van der Waals surface area contributed by atoms with Gasteiger partial charge in [0.2, 0.25) is 0 Å². The summed E-state index contributed by atoms with van der Waals surface area (Å²) in [5, 5.41) is 0. The molecule has 3 saturated carbocycles. The lowest BCUT2D eigenvalue weighted by atomic mass is 9.47. The SMILES string of the molecule is CC(C)CCC[C@@H](C)[C@H]1C(=O)C[C@H]2[C@@H]3CC=C4C[C@@H](OCc5ccccc5)CC[C@]4(C)[C@H]3CC[C@]12C. The zero-order chi connectivity index (χ0) is 25.5. The number of allylic oxidation sites excluding steroid dienone is 1. The van der Waals surface area contributed by atoms with E-state index in [0.29, 0.717) is 35.1 Å². The van der Waals surface area contributed by atoms with Crippen LogP contribution in [0.15, 0.2) is 42.0 Å². The lowest BCUT2D eigenvalue weighted by molar-refractivity contribution is -0.124. The lowest BCUT2D eigenvalue weighted by Crippen LogP contribution is -2.51. The normalized spacial score (nSPS) is 38.8. The molecule has 0 radical (unpaired) electrons. The smallest absolute Gasteiger partial charge is 0.137 e. The first-order valence-electron chi connectivity index (χ1n) is 15.1. The maximum atomic E-state index is 13.5. The Balaban J connectivity index is 1.27. The number of rotatable bonds is 8. The van der Waals surface area contributed by atoms with Crippen LogP contribution < -0.4 is 0 Å². The number of fused-ring (bicyclic) bond motifs is 5. The number of ketones is 1. The van der Waals surface area contributed by atoms with Crippen molar-refractivity contribution in [3.8, 4) is 0 Å². The maximum absolute atomic E-state index is 13.5. The van der Waals surface area contributed by atoms with E-state index in [1.807, 2.05) is 0 Å². The topological polar surface area (TPSA) is 26.3 Å². The summed E-state index contributed by atoms with van der Waals surface area (Å²) >= 11 is 0. The average molecular weight is 491 g/mol. The van der Waals surface area contributed by atoms with Crippen LogP contribution in [0.25, 0.3) is 0 Å². The molecule has 0 heterocycles. The number of carbonyl (C=O) groups is 1. The molecule has 0 amide bonds. The molecule has 1 aromatic carbocycles. The Morgan fingerprint density at radius 2 is 1.75 bits per heavy atom. The lowest BCUT2D eigenvalue weighted by Gasteiger charge is -2.58. The molecule has 2 heteroatoms. The van der Waals surface area contributed by atoms with Crippen LogP contribution in [-0.2, 0) is 16.1 Å². The van der Waals surface area contributed by atoms with E-state index in [0.717, 1.165) is 31.3 Å². The molecule has 0 spiro atoms. The number of carbonyl (C=O) groups excluding carboxylic acids is 1. The van der Waals surface area contributed by atoms with Gasteiger partial charge in [-0.05, 0) is 90.9 Å². The molecular weight excluding hydrogens is 440 g/mol. The highest BCUT2D eigenvalue weighted by molar-refractivity contribution is 5.85. The quantitative estimate of drug-likeness (QED) is 0.340. The molecular formula is C34H50O2. The minimum Gasteiger partial charge on any atom is -0.373 e. The Hall–Kier alpha value is -1.41. The van der Waals surface area contributed by atoms with Gasteiger partial charge in [0.15, 0.2) is 0 Å². The number of ether oxygens (including phenoxy) is 1. The Morgan fingerprint density at radius 1 is 0.972 bits per heavy atom. The van der Waals surface area contributed by atoms with Crippen LogP contribution in [0.3, 0.4) is 0 Å². The number of Topliss-reactive ketones (excluding diaryl/α,β-unsaturated/α-hetero) is 1. The van der Waals surface area contributed by atoms with Crippen LogP contribution in [0, 0.1) is 46.3 Å². The van der Waals surface area contributed by atoms with Crippen LogP contribution >= 0.6 is 0 Å². The molecule has 0 saturated heterocycles. The van der Waals surface area contributed by atoms with Gasteiger partial charge in [0.05, 0.1) is 12.7 Å². The van der Waals surface area contributed by atoms with E-state index in [1.165, 1.54) is 56.9 Å². The van der Waals surface area contributed by atoms with Crippen molar-refractivity contribution < 1.29 is 9.53 Å². The molecule has 0 bridgehead atoms. The van der Waals surface area contributed by atoms with Crippen LogP contribution in [0.2, 0.25) is 0 Å². The first-order valence-corrected chi connectivity index (χ1v) is 15.1. The predicted molar refractivity (Wildman–Crippen MR) is 148 cm³/mol. The zero-order valence-electron chi connectivity index (χ0n) is 23.6. The van der Waals surface area contributed by atoms with E-state index >= 15 is 0 Å². The molecule has 8 atom stereocenters. The van der Waals surface area contributed by atoms with Crippen molar-refractivity contribution in [1.29, 1.82) is 0 Å². The molecule has 36 heavy (non-hydrogen) atoms. The predicted octanol–water partition coefficient (Wildman–Crippen LogP) is 8.79. The van der Waals surface area contributed by atoms with E-state index in [1.54, 1.807) is 5.57 Å². The third-order valence-corrected chi connectivity index (χ3v) is 11.3. The van der Waals surface area contributed by atoms with Gasteiger partial charge < -0.3 is 4.74 Å². The second-order valence-corrected chi connectivity index (χ2v) is 13.9. The van der Waals surface area contributed by atoms with Crippen LogP contribution in [-0.4, -0.2) is 11.9 Å². The zero-order valence-corrected chi connectivity index (χ0v) is 23.6. The van der Waals surface area contributed by atoms with Crippen LogP contribution in [0.4, 0.5) is 0 Å². The molecule has 0 unspecified atom stereocenters. The minimum atomic E-state index is 0.215. The largest absolute Gasteiger partial charge is 0.373 e. The van der Waals surface area contributed by atoms with Crippen molar-refractivity contribution in [3.63, 3.8) is 0 Å². The average Bonchev–Trinajstić information content (AvgIpc) is 3.13. The fourth-order valence-electron chi connectivity index (χ4n) is 9.37. The van der Waals surface area contributed by atoms with Crippen molar-refractivity contribution >= 4 is 5.78 Å². The van der Waals surface area contributed by atoms with Gasteiger partial charge in [0.1, 0.15) is 5.78 Å². The van der Waals surface area contributed by atoms with Crippen LogP contribution in [0.1, 0.15) is 104 Å². The summed E-state index contributed by atoms with van der Waals surface area (Å²) in [5.74, 6) is 4.20. The van der Waals surface area contributed by atoms with Gasteiger partial charge in [-0.15, -0.1) is 0 Å². The van der Waals surface area contributed by atoms with E-state index in [4.69, 9.17) is 4.74 Å². The Kier molecular flexibility index (Phi) is 7.57. The van der Waals surface area contributed by atoms with Gasteiger partial charge in [-0.1, -0.05) is 89.4 Å². The van der Waals surface area contributed by atoms with Gasteiger partial charge >= 0.3 is 0 Å². The second kappa shape index (κ2) is 10.4. The fourth-order valence-corrected chi connectivity index (χ4v) is 9.37. The van der Waals surface area contributed by atoms with Gasteiger partial charge in [-0.3, -0.25) is 4.79 Å². The van der Waals surface area contributed by atoms with Crippen molar-refractivity contribution in [2.45, 2.75) is 112 Å². The summed E-state index contributed by atoms with van der Waals surface area (Å²) in [6.45, 7) is 12.8. The highest BCUT2D eigenvalue weighted by Gasteiger charge is 2.61. The van der Waals surface area contributed by atoms with Gasteiger partial charge in [0, 0.05) is 12.3 Å². The molecule has 0 aliphatic heterocycles. The number of hydrogen-bond acceptors (Lipinski definition) is 2. The molecule has 2 nitrogen and oxygen atoms in total. The van der Waals surface area contributed by atoms with E-state index < -0.39 is 0 Å². The first-order chi connectivity index (χ1) is 17.2. The molecule has 0 aromatic heterocycles. The standard InChI is InChI=1S/C34H50O2/c1-23(2)10-9-11-24(3)32-31(35)21-30-28-15-14-26-20-27(36-22-25-12-7-6-8-13-25)16-18-33(26,4)29(28)17-19-34(30,32)5/h6-8,12-14,23-24,27-30,32H,9-11,15-22H2,1-5H3/t24-,27+,28-,29+,30+,32+,33+,34+/m1/s1. The summed E-state index contributed by atoms with van der Waals surface area (Å²) < 4.78 is 6.40. The van der Waals surface area contributed by atoms with E-state index in [9.17, 15) is 4.79 Å². The summed E-state index contributed by atoms with van der Waals surface area (Å²) in [5.41, 5.74) is 3.46. The molecule has 4 aliphatic rings. The highest BCUT2D eigenvalue weighted by Crippen LogP contribution is 2.66. The number of benzene rings is 1. The first kappa shape index (κ1) is 26.2. The van der Waals surface area contributed by atoms with Crippen molar-refractivity contribution in [2.75, 3.05) is 0 Å². The monoisotopic (exact) mass is 490 g/mol. The fraction of sp³-hybridized carbons (Fsp3) is 0.735. The van der Waals surface area contributed by atoms with Gasteiger partial charge in [0.25, 0.3) is 0 Å². The van der Waals surface area contributed by atoms with Crippen molar-refractivity contribution in [1.82, 2.24) is 0 Å². The van der Waals surface area contributed by atoms with Gasteiger partial charge in [-0.25, -0.2) is 0 Å². The van der Waals surface area contributed by atoms with E-state index in [2.05, 4.69) is 71.0 Å². The Labute approximate surface area is 220 Å². The second-order valence-electron chi connectivity index (χ2n) is 13.9. The Morgan fingerprint density at radius 3 is 2.50 bits per heavy atom. The summed E-state index contributed by atoms with van der Waals surface area (Å²) in [6.07, 6.45) is 14.8. The van der Waals surface area contributed by atoms with Crippen molar-refractivity contribution in [3.05, 3.63) is 47.5 Å².